The van der Waals surface area contributed by atoms with Crippen molar-refractivity contribution in [1.29, 1.82) is 0 Å². The molecule has 0 fully saturated rings. The third-order valence-electron chi connectivity index (χ3n) is 6.01. The van der Waals surface area contributed by atoms with E-state index in [4.69, 9.17) is 14.5 Å². The number of ketones is 1. The summed E-state index contributed by atoms with van der Waals surface area (Å²) in [6.45, 7) is 4.90. The predicted octanol–water partition coefficient (Wildman–Crippen LogP) is 5.38. The SMILES string of the molecule is COc1ccc(C(=O)CSc2nc3sc4c(c3c(=O)n2CCC(C)C)CCCC4)c(OC)c1. The Labute approximate surface area is 202 Å². The van der Waals surface area contributed by atoms with Crippen LogP contribution in [0.25, 0.3) is 10.2 Å². The highest BCUT2D eigenvalue weighted by molar-refractivity contribution is 7.99. The molecule has 0 saturated carbocycles. The second-order valence-electron chi connectivity index (χ2n) is 8.70. The summed E-state index contributed by atoms with van der Waals surface area (Å²) < 4.78 is 12.4. The summed E-state index contributed by atoms with van der Waals surface area (Å²) in [5.74, 6) is 1.67. The minimum Gasteiger partial charge on any atom is -0.497 e. The molecule has 8 heteroatoms. The zero-order valence-corrected chi connectivity index (χ0v) is 21.2. The van der Waals surface area contributed by atoms with Crippen LogP contribution in [0.1, 0.15) is 53.9 Å². The number of ether oxygens (including phenoxy) is 2. The van der Waals surface area contributed by atoms with E-state index in [1.807, 2.05) is 0 Å². The average Bonchev–Trinajstić information content (AvgIpc) is 3.20. The van der Waals surface area contributed by atoms with Crippen LogP contribution in [-0.2, 0) is 19.4 Å². The van der Waals surface area contributed by atoms with E-state index in [-0.39, 0.29) is 17.1 Å². The van der Waals surface area contributed by atoms with Gasteiger partial charge >= 0.3 is 0 Å². The Morgan fingerprint density at radius 3 is 2.73 bits per heavy atom. The minimum atomic E-state index is -0.0743. The molecule has 0 bridgehead atoms. The van der Waals surface area contributed by atoms with Crippen LogP contribution in [0.4, 0.5) is 0 Å². The Morgan fingerprint density at radius 2 is 2.00 bits per heavy atom. The molecule has 2 heterocycles. The lowest BCUT2D eigenvalue weighted by Crippen LogP contribution is -2.25. The van der Waals surface area contributed by atoms with E-state index in [1.54, 1.807) is 41.2 Å². The molecule has 0 aliphatic heterocycles. The highest BCUT2D eigenvalue weighted by atomic mass is 32.2. The molecule has 4 rings (SSSR count). The van der Waals surface area contributed by atoms with E-state index < -0.39 is 0 Å². The number of Topliss-reactive ketones (excluding diaryl/α,β-unsaturated/α-hetero) is 1. The van der Waals surface area contributed by atoms with Gasteiger partial charge in [0.25, 0.3) is 5.56 Å². The Kier molecular flexibility index (Phi) is 7.44. The standard InChI is InChI=1S/C25H30N2O4S2/c1-15(2)11-12-27-24(29)22-18-7-5-6-8-21(18)33-23(22)26-25(27)32-14-19(28)17-10-9-16(30-3)13-20(17)31-4/h9-10,13,15H,5-8,11-12,14H2,1-4H3. The third-order valence-corrected chi connectivity index (χ3v) is 8.17. The normalized spacial score (nSPS) is 13.4. The number of hydrogen-bond acceptors (Lipinski definition) is 7. The number of fused-ring (bicyclic) bond motifs is 3. The minimum absolute atomic E-state index is 0.0389. The number of benzene rings is 1. The van der Waals surface area contributed by atoms with Crippen LogP contribution >= 0.6 is 23.1 Å². The van der Waals surface area contributed by atoms with Crippen LogP contribution in [0.15, 0.2) is 28.2 Å². The van der Waals surface area contributed by atoms with Crippen molar-refractivity contribution < 1.29 is 14.3 Å². The van der Waals surface area contributed by atoms with E-state index >= 15 is 0 Å². The number of aryl methyl sites for hydroxylation is 2. The van der Waals surface area contributed by atoms with Gasteiger partial charge in [0.15, 0.2) is 10.9 Å². The fourth-order valence-corrected chi connectivity index (χ4v) is 6.36. The zero-order chi connectivity index (χ0) is 23.5. The van der Waals surface area contributed by atoms with Crippen LogP contribution in [-0.4, -0.2) is 35.3 Å². The second-order valence-corrected chi connectivity index (χ2v) is 10.7. The van der Waals surface area contributed by atoms with Crippen molar-refractivity contribution in [2.45, 2.75) is 57.7 Å². The zero-order valence-electron chi connectivity index (χ0n) is 19.6. The number of carbonyl (C=O) groups excluding carboxylic acids is 1. The number of rotatable bonds is 9. The molecule has 2 aromatic heterocycles. The number of nitrogens with zero attached hydrogens (tertiary/aromatic N) is 2. The van der Waals surface area contributed by atoms with Crippen LogP contribution in [0.3, 0.4) is 0 Å². The van der Waals surface area contributed by atoms with Crippen molar-refractivity contribution in [3.8, 4) is 11.5 Å². The lowest BCUT2D eigenvalue weighted by atomic mass is 9.97. The first-order valence-electron chi connectivity index (χ1n) is 11.4. The van der Waals surface area contributed by atoms with Crippen LogP contribution in [0.5, 0.6) is 11.5 Å². The van der Waals surface area contributed by atoms with Crippen LogP contribution in [0, 0.1) is 5.92 Å². The highest BCUT2D eigenvalue weighted by Crippen LogP contribution is 2.35. The summed E-state index contributed by atoms with van der Waals surface area (Å²) in [6.07, 6.45) is 5.16. The van der Waals surface area contributed by atoms with Crippen molar-refractivity contribution in [3.63, 3.8) is 0 Å². The fourth-order valence-electron chi connectivity index (χ4n) is 4.15. The van der Waals surface area contributed by atoms with Crippen LogP contribution in [0.2, 0.25) is 0 Å². The van der Waals surface area contributed by atoms with Gasteiger partial charge in [-0.25, -0.2) is 4.98 Å². The van der Waals surface area contributed by atoms with Gasteiger partial charge in [0, 0.05) is 17.5 Å². The molecule has 0 radical (unpaired) electrons. The first-order valence-corrected chi connectivity index (χ1v) is 13.2. The molecule has 0 saturated heterocycles. The molecule has 1 aliphatic rings. The van der Waals surface area contributed by atoms with Crippen LogP contribution < -0.4 is 15.0 Å². The van der Waals surface area contributed by atoms with Gasteiger partial charge in [-0.15, -0.1) is 11.3 Å². The molecule has 0 amide bonds. The number of hydrogen-bond donors (Lipinski definition) is 0. The Bertz CT molecular complexity index is 1230. The third kappa shape index (κ3) is 4.96. The number of aromatic nitrogens is 2. The van der Waals surface area contributed by atoms with Crippen molar-refractivity contribution in [1.82, 2.24) is 9.55 Å². The molecule has 1 aromatic carbocycles. The van der Waals surface area contributed by atoms with E-state index in [1.165, 1.54) is 35.7 Å². The quantitative estimate of drug-likeness (QED) is 0.230. The molecule has 0 atom stereocenters. The van der Waals surface area contributed by atoms with Gasteiger partial charge in [-0.3, -0.25) is 14.2 Å². The molecule has 0 spiro atoms. The maximum absolute atomic E-state index is 13.6. The lowest BCUT2D eigenvalue weighted by molar-refractivity contribution is 0.101. The Hall–Kier alpha value is -2.32. The van der Waals surface area contributed by atoms with E-state index in [0.29, 0.717) is 34.7 Å². The molecule has 176 valence electrons. The molecule has 3 aromatic rings. The van der Waals surface area contributed by atoms with Gasteiger partial charge in [-0.2, -0.15) is 0 Å². The maximum atomic E-state index is 13.6. The van der Waals surface area contributed by atoms with Crippen molar-refractivity contribution in [2.24, 2.45) is 5.92 Å². The molecular weight excluding hydrogens is 456 g/mol. The number of thioether (sulfide) groups is 1. The average molecular weight is 487 g/mol. The largest absolute Gasteiger partial charge is 0.497 e. The van der Waals surface area contributed by atoms with E-state index in [0.717, 1.165) is 35.9 Å². The topological polar surface area (TPSA) is 70.4 Å². The van der Waals surface area contributed by atoms with Gasteiger partial charge in [0.05, 0.1) is 30.9 Å². The van der Waals surface area contributed by atoms with E-state index in [2.05, 4.69) is 13.8 Å². The van der Waals surface area contributed by atoms with Crippen molar-refractivity contribution >= 4 is 39.1 Å². The maximum Gasteiger partial charge on any atom is 0.263 e. The monoisotopic (exact) mass is 486 g/mol. The van der Waals surface area contributed by atoms with Gasteiger partial charge in [0.1, 0.15) is 16.3 Å². The number of carbonyl (C=O) groups is 1. The predicted molar refractivity (Wildman–Crippen MR) is 135 cm³/mol. The number of methoxy groups -OCH3 is 2. The summed E-state index contributed by atoms with van der Waals surface area (Å²) in [7, 11) is 3.11. The Balaban J connectivity index is 1.67. The molecule has 6 nitrogen and oxygen atoms in total. The molecule has 33 heavy (non-hydrogen) atoms. The first kappa shape index (κ1) is 23.8. The van der Waals surface area contributed by atoms with Gasteiger partial charge in [-0.1, -0.05) is 25.6 Å². The molecule has 0 unspecified atom stereocenters. The second kappa shape index (κ2) is 10.3. The fraction of sp³-hybridized carbons (Fsp3) is 0.480. The van der Waals surface area contributed by atoms with Crippen molar-refractivity contribution in [2.75, 3.05) is 20.0 Å². The smallest absolute Gasteiger partial charge is 0.263 e. The highest BCUT2D eigenvalue weighted by Gasteiger charge is 2.23. The summed E-state index contributed by atoms with van der Waals surface area (Å²) in [5.41, 5.74) is 1.74. The first-order chi connectivity index (χ1) is 15.9. The summed E-state index contributed by atoms with van der Waals surface area (Å²) in [6, 6.07) is 5.17. The van der Waals surface area contributed by atoms with Crippen molar-refractivity contribution in [3.05, 3.63) is 44.6 Å². The molecule has 0 N–H and O–H groups in total. The molecular formula is C25H30N2O4S2. The Morgan fingerprint density at radius 1 is 1.21 bits per heavy atom. The summed E-state index contributed by atoms with van der Waals surface area (Å²) in [5, 5.41) is 1.42. The summed E-state index contributed by atoms with van der Waals surface area (Å²) in [4.78, 5) is 33.6. The van der Waals surface area contributed by atoms with Gasteiger partial charge < -0.3 is 9.47 Å². The number of thiophene rings is 1. The van der Waals surface area contributed by atoms with E-state index in [9.17, 15) is 9.59 Å². The molecule has 1 aliphatic carbocycles. The summed E-state index contributed by atoms with van der Waals surface area (Å²) >= 11 is 2.97. The van der Waals surface area contributed by atoms with Gasteiger partial charge in [0.2, 0.25) is 0 Å². The van der Waals surface area contributed by atoms with Gasteiger partial charge in [-0.05, 0) is 55.7 Å². The lowest BCUT2D eigenvalue weighted by Gasteiger charge is -2.14.